The van der Waals surface area contributed by atoms with Gasteiger partial charge in [-0.2, -0.15) is 0 Å². The van der Waals surface area contributed by atoms with Gasteiger partial charge in [-0.25, -0.2) is 0 Å². The first-order valence-corrected chi connectivity index (χ1v) is 5.99. The van der Waals surface area contributed by atoms with Gasteiger partial charge in [-0.15, -0.1) is 0 Å². The summed E-state index contributed by atoms with van der Waals surface area (Å²) in [6, 6.07) is 14.6. The van der Waals surface area contributed by atoms with Crippen LogP contribution in [-0.2, 0) is 4.79 Å². The highest BCUT2D eigenvalue weighted by Crippen LogP contribution is 2.18. The van der Waals surface area contributed by atoms with Gasteiger partial charge >= 0.3 is 0 Å². The van der Waals surface area contributed by atoms with Crippen molar-refractivity contribution in [3.8, 4) is 5.75 Å². The van der Waals surface area contributed by atoms with Crippen molar-refractivity contribution < 1.29 is 9.53 Å². The summed E-state index contributed by atoms with van der Waals surface area (Å²) >= 11 is 0. The number of nitrogens with two attached hydrogens (primary N) is 1. The standard InChI is InChI=1S/C15H16N2O2/c1-11-7-8-13(9-14(11)16)19-10-15(18)17-12-5-3-2-4-6-12/h2-9H,10,16H2,1H3,(H,17,18). The fourth-order valence-corrected chi connectivity index (χ4v) is 1.58. The van der Waals surface area contributed by atoms with Crippen molar-refractivity contribution in [3.63, 3.8) is 0 Å². The van der Waals surface area contributed by atoms with Crippen LogP contribution in [0.25, 0.3) is 0 Å². The maximum Gasteiger partial charge on any atom is 0.262 e. The lowest BCUT2D eigenvalue weighted by Crippen LogP contribution is -2.20. The smallest absolute Gasteiger partial charge is 0.262 e. The van der Waals surface area contributed by atoms with Gasteiger partial charge in [-0.1, -0.05) is 24.3 Å². The van der Waals surface area contributed by atoms with Crippen LogP contribution in [0, 0.1) is 6.92 Å². The number of anilines is 2. The van der Waals surface area contributed by atoms with E-state index in [1.54, 1.807) is 12.1 Å². The molecule has 1 amide bonds. The third kappa shape index (κ3) is 3.74. The van der Waals surface area contributed by atoms with Crippen LogP contribution in [0.3, 0.4) is 0 Å². The van der Waals surface area contributed by atoms with Crippen LogP contribution in [0.4, 0.5) is 11.4 Å². The van der Waals surface area contributed by atoms with Gasteiger partial charge in [0.05, 0.1) is 0 Å². The number of carbonyl (C=O) groups excluding carboxylic acids is 1. The molecular formula is C15H16N2O2. The highest BCUT2D eigenvalue weighted by atomic mass is 16.5. The molecule has 3 N–H and O–H groups in total. The number of nitrogens with one attached hydrogen (secondary N) is 1. The van der Waals surface area contributed by atoms with Crippen molar-refractivity contribution in [2.24, 2.45) is 0 Å². The average Bonchev–Trinajstić information content (AvgIpc) is 2.41. The Labute approximate surface area is 112 Å². The number of ether oxygens (including phenoxy) is 1. The normalized spacial score (nSPS) is 9.95. The monoisotopic (exact) mass is 256 g/mol. The summed E-state index contributed by atoms with van der Waals surface area (Å²) in [6.07, 6.45) is 0. The van der Waals surface area contributed by atoms with Crippen LogP contribution >= 0.6 is 0 Å². The summed E-state index contributed by atoms with van der Waals surface area (Å²) in [6.45, 7) is 1.87. The molecule has 0 fully saturated rings. The molecule has 0 saturated carbocycles. The van der Waals surface area contributed by atoms with E-state index in [4.69, 9.17) is 10.5 Å². The van der Waals surface area contributed by atoms with Gasteiger partial charge in [0.15, 0.2) is 6.61 Å². The molecule has 0 bridgehead atoms. The van der Waals surface area contributed by atoms with Crippen molar-refractivity contribution in [2.45, 2.75) is 6.92 Å². The summed E-state index contributed by atoms with van der Waals surface area (Å²) in [5.41, 5.74) is 8.16. The second kappa shape index (κ2) is 5.91. The molecule has 0 spiro atoms. The van der Waals surface area contributed by atoms with Crippen molar-refractivity contribution in [2.75, 3.05) is 17.7 Å². The largest absolute Gasteiger partial charge is 0.484 e. The second-order valence-corrected chi connectivity index (χ2v) is 4.22. The van der Waals surface area contributed by atoms with Crippen LogP contribution < -0.4 is 15.8 Å². The van der Waals surface area contributed by atoms with E-state index in [2.05, 4.69) is 5.32 Å². The first-order valence-electron chi connectivity index (χ1n) is 5.99. The van der Waals surface area contributed by atoms with Gasteiger partial charge in [-0.3, -0.25) is 4.79 Å². The minimum atomic E-state index is -0.203. The van der Waals surface area contributed by atoms with E-state index in [9.17, 15) is 4.79 Å². The molecule has 0 aliphatic heterocycles. The molecule has 0 radical (unpaired) electrons. The summed E-state index contributed by atoms with van der Waals surface area (Å²) < 4.78 is 5.38. The summed E-state index contributed by atoms with van der Waals surface area (Å²) in [4.78, 5) is 11.7. The Morgan fingerprint density at radius 2 is 1.95 bits per heavy atom. The fourth-order valence-electron chi connectivity index (χ4n) is 1.58. The van der Waals surface area contributed by atoms with Crippen molar-refractivity contribution in [1.29, 1.82) is 0 Å². The maximum atomic E-state index is 11.7. The zero-order valence-corrected chi connectivity index (χ0v) is 10.7. The topological polar surface area (TPSA) is 64.3 Å². The molecule has 4 heteroatoms. The zero-order valence-electron chi connectivity index (χ0n) is 10.7. The minimum absolute atomic E-state index is 0.0443. The van der Waals surface area contributed by atoms with Crippen molar-refractivity contribution in [1.82, 2.24) is 0 Å². The molecule has 0 aromatic heterocycles. The van der Waals surface area contributed by atoms with Crippen LogP contribution in [0.2, 0.25) is 0 Å². The van der Waals surface area contributed by atoms with E-state index in [0.29, 0.717) is 11.4 Å². The van der Waals surface area contributed by atoms with E-state index in [-0.39, 0.29) is 12.5 Å². The highest BCUT2D eigenvalue weighted by molar-refractivity contribution is 5.91. The lowest BCUT2D eigenvalue weighted by atomic mass is 10.2. The second-order valence-electron chi connectivity index (χ2n) is 4.22. The SMILES string of the molecule is Cc1ccc(OCC(=O)Nc2ccccc2)cc1N. The third-order valence-corrected chi connectivity index (χ3v) is 2.68. The van der Waals surface area contributed by atoms with Crippen LogP contribution in [0.1, 0.15) is 5.56 Å². The Kier molecular flexibility index (Phi) is 4.03. The number of carbonyl (C=O) groups is 1. The molecule has 2 rings (SSSR count). The number of aryl methyl sites for hydroxylation is 1. The third-order valence-electron chi connectivity index (χ3n) is 2.68. The Morgan fingerprint density at radius 3 is 2.63 bits per heavy atom. The molecule has 2 aromatic carbocycles. The molecule has 0 atom stereocenters. The molecule has 19 heavy (non-hydrogen) atoms. The first-order chi connectivity index (χ1) is 9.15. The molecule has 0 saturated heterocycles. The number of para-hydroxylation sites is 1. The Morgan fingerprint density at radius 1 is 1.21 bits per heavy atom. The Hall–Kier alpha value is -2.49. The number of hydrogen-bond donors (Lipinski definition) is 2. The molecule has 2 aromatic rings. The molecule has 98 valence electrons. The average molecular weight is 256 g/mol. The summed E-state index contributed by atoms with van der Waals surface area (Å²) in [5.74, 6) is 0.386. The van der Waals surface area contributed by atoms with Crippen LogP contribution in [0.15, 0.2) is 48.5 Å². The summed E-state index contributed by atoms with van der Waals surface area (Å²) in [5, 5.41) is 2.74. The van der Waals surface area contributed by atoms with Gasteiger partial charge in [-0.05, 0) is 30.7 Å². The maximum absolute atomic E-state index is 11.7. The Bertz CT molecular complexity index is 568. The molecule has 0 heterocycles. The van der Waals surface area contributed by atoms with E-state index in [0.717, 1.165) is 11.3 Å². The van der Waals surface area contributed by atoms with E-state index in [1.165, 1.54) is 0 Å². The van der Waals surface area contributed by atoms with Crippen molar-refractivity contribution >= 4 is 17.3 Å². The highest BCUT2D eigenvalue weighted by Gasteiger charge is 2.04. The van der Waals surface area contributed by atoms with Crippen molar-refractivity contribution in [3.05, 3.63) is 54.1 Å². The number of nitrogen functional groups attached to an aromatic ring is 1. The predicted molar refractivity (Wildman–Crippen MR) is 76.2 cm³/mol. The zero-order chi connectivity index (χ0) is 13.7. The van der Waals surface area contributed by atoms with Crippen LogP contribution in [0.5, 0.6) is 5.75 Å². The summed E-state index contributed by atoms with van der Waals surface area (Å²) in [7, 11) is 0. The first kappa shape index (κ1) is 13.0. The number of benzene rings is 2. The van der Waals surface area contributed by atoms with E-state index >= 15 is 0 Å². The number of hydrogen-bond acceptors (Lipinski definition) is 3. The molecule has 0 aliphatic rings. The minimum Gasteiger partial charge on any atom is -0.484 e. The lowest BCUT2D eigenvalue weighted by molar-refractivity contribution is -0.118. The fraction of sp³-hybridized carbons (Fsp3) is 0.133. The van der Waals surface area contributed by atoms with Gasteiger partial charge < -0.3 is 15.8 Å². The van der Waals surface area contributed by atoms with Gasteiger partial charge in [0.25, 0.3) is 5.91 Å². The molecule has 0 aliphatic carbocycles. The number of amides is 1. The Balaban J connectivity index is 1.88. The molecule has 0 unspecified atom stereocenters. The number of rotatable bonds is 4. The van der Waals surface area contributed by atoms with Gasteiger partial charge in [0, 0.05) is 17.4 Å². The molecule has 4 nitrogen and oxygen atoms in total. The lowest BCUT2D eigenvalue weighted by Gasteiger charge is -2.08. The predicted octanol–water partition coefficient (Wildman–Crippen LogP) is 2.59. The van der Waals surface area contributed by atoms with E-state index in [1.807, 2.05) is 43.3 Å². The molecular weight excluding hydrogens is 240 g/mol. The quantitative estimate of drug-likeness (QED) is 0.826. The van der Waals surface area contributed by atoms with Gasteiger partial charge in [0.2, 0.25) is 0 Å². The van der Waals surface area contributed by atoms with Gasteiger partial charge in [0.1, 0.15) is 5.75 Å². The van der Waals surface area contributed by atoms with E-state index < -0.39 is 0 Å². The van der Waals surface area contributed by atoms with Crippen LogP contribution in [-0.4, -0.2) is 12.5 Å².